The van der Waals surface area contributed by atoms with Crippen LogP contribution in [0, 0.1) is 24.1 Å². The summed E-state index contributed by atoms with van der Waals surface area (Å²) in [4.78, 5) is 40.5. The maximum absolute atomic E-state index is 13.2. The maximum atomic E-state index is 13.2. The van der Waals surface area contributed by atoms with E-state index in [2.05, 4.69) is 0 Å². The number of thioether (sulfide) groups is 1. The van der Waals surface area contributed by atoms with Crippen LogP contribution in [0.15, 0.2) is 34.0 Å². The van der Waals surface area contributed by atoms with Crippen LogP contribution in [0.1, 0.15) is 60.2 Å². The molecule has 0 spiro atoms. The van der Waals surface area contributed by atoms with Crippen LogP contribution in [-0.4, -0.2) is 49.8 Å². The van der Waals surface area contributed by atoms with E-state index in [0.29, 0.717) is 27.8 Å². The number of halogens is 1. The molecule has 1 aliphatic heterocycles. The number of nitrogens with zero attached hydrogens (tertiary/aromatic N) is 3. The van der Waals surface area contributed by atoms with Crippen LogP contribution in [0.5, 0.6) is 5.88 Å². The van der Waals surface area contributed by atoms with Crippen molar-refractivity contribution in [1.82, 2.24) is 9.47 Å². The van der Waals surface area contributed by atoms with Crippen LogP contribution < -0.4 is 5.56 Å². The number of hydrogen-bond acceptors (Lipinski definition) is 8. The number of thiocarbonyl (C=S) groups is 1. The number of rotatable bonds is 11. The Morgan fingerprint density at radius 2 is 1.92 bits per heavy atom. The smallest absolute Gasteiger partial charge is 0.271 e. The zero-order chi connectivity index (χ0) is 28.0. The average molecular weight is 558 g/mol. The lowest BCUT2D eigenvalue weighted by Gasteiger charge is -2.17. The minimum absolute atomic E-state index is 0.00778. The fourth-order valence-corrected chi connectivity index (χ4v) is 5.27. The van der Waals surface area contributed by atoms with Gasteiger partial charge in [-0.05, 0) is 62.9 Å². The molecule has 2 heterocycles. The molecule has 0 radical (unpaired) electrons. The van der Waals surface area contributed by atoms with Crippen molar-refractivity contribution in [2.45, 2.75) is 52.7 Å². The number of hydrogen-bond donors (Lipinski definition) is 1. The number of ether oxygens (including phenoxy) is 1. The summed E-state index contributed by atoms with van der Waals surface area (Å²) in [6, 6.07) is 7.56. The van der Waals surface area contributed by atoms with Crippen LogP contribution in [0.3, 0.4) is 0 Å². The lowest BCUT2D eigenvalue weighted by molar-refractivity contribution is -0.122. The molecule has 0 atom stereocenters. The first-order valence-electron chi connectivity index (χ1n) is 12.1. The summed E-state index contributed by atoms with van der Waals surface area (Å²) in [6.07, 6.45) is 2.25. The molecule has 3 rings (SSSR count). The molecular weight excluding hydrogens is 529 g/mol. The third kappa shape index (κ3) is 6.75. The second-order valence-corrected chi connectivity index (χ2v) is 10.6. The van der Waals surface area contributed by atoms with Gasteiger partial charge in [-0.3, -0.25) is 23.9 Å². The molecular formula is C27H28FN3O5S2. The largest absolute Gasteiger partial charge is 0.494 e. The molecule has 1 saturated heterocycles. The van der Waals surface area contributed by atoms with Crippen molar-refractivity contribution in [2.75, 3.05) is 13.2 Å². The number of pyridine rings is 1. The van der Waals surface area contributed by atoms with Gasteiger partial charge in [-0.15, -0.1) is 0 Å². The predicted molar refractivity (Wildman–Crippen MR) is 147 cm³/mol. The third-order valence-corrected chi connectivity index (χ3v) is 7.26. The Morgan fingerprint density at radius 1 is 1.24 bits per heavy atom. The van der Waals surface area contributed by atoms with Gasteiger partial charge in [0.2, 0.25) is 5.88 Å². The zero-order valence-corrected chi connectivity index (χ0v) is 23.0. The van der Waals surface area contributed by atoms with Crippen LogP contribution in [0.25, 0.3) is 6.08 Å². The number of benzene rings is 1. The van der Waals surface area contributed by atoms with E-state index >= 15 is 0 Å². The Bertz CT molecular complexity index is 1380. The number of aromatic hydroxyl groups is 1. The number of ketones is 1. The van der Waals surface area contributed by atoms with E-state index in [1.54, 1.807) is 18.2 Å². The molecule has 8 nitrogen and oxygen atoms in total. The Hall–Kier alpha value is -3.33. The summed E-state index contributed by atoms with van der Waals surface area (Å²) in [6.45, 7) is 5.83. The van der Waals surface area contributed by atoms with Crippen LogP contribution >= 0.6 is 24.0 Å². The van der Waals surface area contributed by atoms with Gasteiger partial charge in [-0.25, -0.2) is 4.39 Å². The quantitative estimate of drug-likeness (QED) is 0.185. The van der Waals surface area contributed by atoms with Crippen LogP contribution in [0.4, 0.5) is 4.39 Å². The van der Waals surface area contributed by atoms with E-state index in [1.807, 2.05) is 19.9 Å². The lowest BCUT2D eigenvalue weighted by atomic mass is 9.99. The van der Waals surface area contributed by atoms with Gasteiger partial charge in [0.05, 0.1) is 16.6 Å². The molecule has 1 fully saturated rings. The number of amides is 1. The summed E-state index contributed by atoms with van der Waals surface area (Å²) in [5.41, 5.74) is -0.143. The predicted octanol–water partition coefficient (Wildman–Crippen LogP) is 4.55. The van der Waals surface area contributed by atoms with Gasteiger partial charge in [0.15, 0.2) is 5.78 Å². The van der Waals surface area contributed by atoms with E-state index in [-0.39, 0.29) is 60.4 Å². The molecule has 38 heavy (non-hydrogen) atoms. The highest BCUT2D eigenvalue weighted by Crippen LogP contribution is 2.33. The number of nitriles is 1. The molecule has 0 saturated carbocycles. The molecule has 0 aliphatic carbocycles. The van der Waals surface area contributed by atoms with Crippen molar-refractivity contribution in [3.63, 3.8) is 0 Å². The minimum Gasteiger partial charge on any atom is -0.494 e. The van der Waals surface area contributed by atoms with Gasteiger partial charge in [-0.2, -0.15) is 5.26 Å². The fourth-order valence-electron chi connectivity index (χ4n) is 3.96. The number of Topliss-reactive ketones (excluding diaryl/α,β-unsaturated/α-hetero) is 1. The van der Waals surface area contributed by atoms with E-state index in [9.17, 15) is 29.1 Å². The molecule has 1 aliphatic rings. The third-order valence-electron chi connectivity index (χ3n) is 5.88. The normalized spacial score (nSPS) is 14.5. The maximum Gasteiger partial charge on any atom is 0.271 e. The molecule has 0 bridgehead atoms. The topological polar surface area (TPSA) is 113 Å². The minimum atomic E-state index is -0.658. The van der Waals surface area contributed by atoms with Crippen molar-refractivity contribution in [3.05, 3.63) is 67.6 Å². The Kier molecular flexibility index (Phi) is 9.96. The SMILES string of the molecule is Cc1c(C(=O)CCCN2C(=O)/C(=C/c3ccc(F)cc3)SC2=S)c(O)n(CCCOC(C)C)c(=O)c1C#N. The number of aromatic nitrogens is 1. The second kappa shape index (κ2) is 13.0. The van der Waals surface area contributed by atoms with Gasteiger partial charge in [0, 0.05) is 26.1 Å². The molecule has 1 N–H and O–H groups in total. The van der Waals surface area contributed by atoms with Crippen molar-refractivity contribution < 1.29 is 23.8 Å². The molecule has 200 valence electrons. The molecule has 0 unspecified atom stereocenters. The Morgan fingerprint density at radius 3 is 2.55 bits per heavy atom. The molecule has 1 amide bonds. The number of carbonyl (C=O) groups excluding carboxylic acids is 2. The van der Waals surface area contributed by atoms with Crippen molar-refractivity contribution in [2.24, 2.45) is 0 Å². The van der Waals surface area contributed by atoms with E-state index in [1.165, 1.54) is 24.0 Å². The van der Waals surface area contributed by atoms with E-state index in [0.717, 1.165) is 16.3 Å². The van der Waals surface area contributed by atoms with Gasteiger partial charge < -0.3 is 9.84 Å². The summed E-state index contributed by atoms with van der Waals surface area (Å²) in [5.74, 6) is -1.61. The second-order valence-electron chi connectivity index (χ2n) is 8.95. The zero-order valence-electron chi connectivity index (χ0n) is 21.3. The molecule has 1 aromatic carbocycles. The van der Waals surface area contributed by atoms with Crippen molar-refractivity contribution in [3.8, 4) is 11.9 Å². The van der Waals surface area contributed by atoms with Gasteiger partial charge in [0.1, 0.15) is 21.8 Å². The highest BCUT2D eigenvalue weighted by molar-refractivity contribution is 8.26. The highest BCUT2D eigenvalue weighted by Gasteiger charge is 2.32. The van der Waals surface area contributed by atoms with Gasteiger partial charge >= 0.3 is 0 Å². The van der Waals surface area contributed by atoms with E-state index in [4.69, 9.17) is 17.0 Å². The average Bonchev–Trinajstić information content (AvgIpc) is 3.12. The lowest BCUT2D eigenvalue weighted by Crippen LogP contribution is -2.30. The first-order valence-corrected chi connectivity index (χ1v) is 13.3. The van der Waals surface area contributed by atoms with Crippen molar-refractivity contribution >= 4 is 46.1 Å². The van der Waals surface area contributed by atoms with Crippen molar-refractivity contribution in [1.29, 1.82) is 5.26 Å². The first kappa shape index (κ1) is 29.2. The summed E-state index contributed by atoms with van der Waals surface area (Å²) < 4.78 is 20.0. The molecule has 2 aromatic rings. The van der Waals surface area contributed by atoms with Gasteiger partial charge in [-0.1, -0.05) is 36.1 Å². The highest BCUT2D eigenvalue weighted by atomic mass is 32.2. The fraction of sp³-hybridized carbons (Fsp3) is 0.370. The Labute approximate surface area is 229 Å². The number of carbonyl (C=O) groups is 2. The monoisotopic (exact) mass is 557 g/mol. The summed E-state index contributed by atoms with van der Waals surface area (Å²) in [5, 5.41) is 20.3. The van der Waals surface area contributed by atoms with E-state index < -0.39 is 17.2 Å². The summed E-state index contributed by atoms with van der Waals surface area (Å²) >= 11 is 6.46. The Balaban J connectivity index is 1.71. The van der Waals surface area contributed by atoms with Crippen LogP contribution in [-0.2, 0) is 16.1 Å². The first-order chi connectivity index (χ1) is 18.0. The standard InChI is InChI=1S/C27H28FN3O5S2/c1-16(2)36-13-5-12-30-24(33)20(15-29)17(3)23(26(30)35)21(32)6-4-11-31-25(34)22(38-27(31)37)14-18-7-9-19(28)10-8-18/h7-10,14,16,35H,4-6,11-13H2,1-3H3/b22-14-. The molecule has 1 aromatic heterocycles. The van der Waals surface area contributed by atoms with Gasteiger partial charge in [0.25, 0.3) is 11.5 Å². The van der Waals surface area contributed by atoms with Crippen LogP contribution in [0.2, 0.25) is 0 Å². The summed E-state index contributed by atoms with van der Waals surface area (Å²) in [7, 11) is 0. The molecule has 11 heteroatoms.